The first-order valence-electron chi connectivity index (χ1n) is 14.1. The van der Waals surface area contributed by atoms with Crippen LogP contribution in [0.15, 0.2) is 109 Å². The Bertz CT molecular complexity index is 1430. The number of carbonyl (C=O) groups is 2. The highest BCUT2D eigenvalue weighted by Gasteiger charge is 2.36. The Kier molecular flexibility index (Phi) is 10.4. The Morgan fingerprint density at radius 1 is 0.756 bits per heavy atom. The maximum Gasteiger partial charge on any atom is 0.252 e. The fourth-order valence-electron chi connectivity index (χ4n) is 4.87. The van der Waals surface area contributed by atoms with Crippen molar-refractivity contribution in [1.82, 2.24) is 16.0 Å². The summed E-state index contributed by atoms with van der Waals surface area (Å²) in [4.78, 5) is 26.4. The standard InChI is InChI=1S/C35H39N3O3/c1-26-12-9-10-15-28(26)21-23-37-33(40)29-16-11-17-30(24-29)34(41)38-35(2,31-18-7-4-8-19-31)32(39)25-36-22-20-27-13-5-3-6-14-27/h3-19,24,32,36,39H,20-23,25H2,1-2H3,(H,37,40)(H,38,41)/t32-,35+/m1/s1. The number of nitrogens with one attached hydrogen (secondary N) is 3. The molecule has 41 heavy (non-hydrogen) atoms. The molecular formula is C35H39N3O3. The van der Waals surface area contributed by atoms with Crippen molar-refractivity contribution in [2.24, 2.45) is 0 Å². The Morgan fingerprint density at radius 2 is 1.39 bits per heavy atom. The van der Waals surface area contributed by atoms with Crippen LogP contribution in [0.4, 0.5) is 0 Å². The van der Waals surface area contributed by atoms with Crippen LogP contribution in [0.3, 0.4) is 0 Å². The van der Waals surface area contributed by atoms with Crippen LogP contribution >= 0.6 is 0 Å². The van der Waals surface area contributed by atoms with Gasteiger partial charge in [0.05, 0.1) is 11.6 Å². The molecule has 0 bridgehead atoms. The van der Waals surface area contributed by atoms with E-state index in [4.69, 9.17) is 0 Å². The SMILES string of the molecule is Cc1ccccc1CCNC(=O)c1cccc(C(=O)N[C@@](C)(c2ccccc2)[C@H](O)CNCCc2ccccc2)c1. The number of hydrogen-bond acceptors (Lipinski definition) is 4. The minimum Gasteiger partial charge on any atom is -0.389 e. The van der Waals surface area contributed by atoms with E-state index in [1.165, 1.54) is 16.7 Å². The van der Waals surface area contributed by atoms with Gasteiger partial charge in [-0.05, 0) is 73.7 Å². The molecule has 0 heterocycles. The van der Waals surface area contributed by atoms with Crippen molar-refractivity contribution in [3.05, 3.63) is 143 Å². The van der Waals surface area contributed by atoms with Gasteiger partial charge in [0.1, 0.15) is 0 Å². The first kappa shape index (κ1) is 29.7. The number of aryl methyl sites for hydroxylation is 1. The monoisotopic (exact) mass is 549 g/mol. The highest BCUT2D eigenvalue weighted by Crippen LogP contribution is 2.25. The molecule has 6 nitrogen and oxygen atoms in total. The van der Waals surface area contributed by atoms with E-state index in [1.807, 2.05) is 67.6 Å². The van der Waals surface area contributed by atoms with E-state index < -0.39 is 11.6 Å². The molecular weight excluding hydrogens is 510 g/mol. The van der Waals surface area contributed by atoms with Crippen molar-refractivity contribution >= 4 is 11.8 Å². The molecule has 4 aromatic carbocycles. The minimum atomic E-state index is -1.07. The van der Waals surface area contributed by atoms with E-state index in [9.17, 15) is 14.7 Å². The van der Waals surface area contributed by atoms with Crippen molar-refractivity contribution < 1.29 is 14.7 Å². The predicted octanol–water partition coefficient (Wildman–Crippen LogP) is 4.81. The zero-order valence-corrected chi connectivity index (χ0v) is 23.8. The molecule has 0 saturated heterocycles. The predicted molar refractivity (Wildman–Crippen MR) is 164 cm³/mol. The van der Waals surface area contributed by atoms with E-state index in [1.54, 1.807) is 24.3 Å². The molecule has 0 aliphatic carbocycles. The second-order valence-corrected chi connectivity index (χ2v) is 10.5. The van der Waals surface area contributed by atoms with E-state index in [2.05, 4.69) is 47.1 Å². The van der Waals surface area contributed by atoms with Crippen LogP contribution in [0.1, 0.15) is 49.9 Å². The van der Waals surface area contributed by atoms with Crippen LogP contribution in [-0.2, 0) is 18.4 Å². The molecule has 4 aromatic rings. The van der Waals surface area contributed by atoms with Gasteiger partial charge in [0.2, 0.25) is 0 Å². The summed E-state index contributed by atoms with van der Waals surface area (Å²) >= 11 is 0. The van der Waals surface area contributed by atoms with Gasteiger partial charge < -0.3 is 21.1 Å². The highest BCUT2D eigenvalue weighted by atomic mass is 16.3. The van der Waals surface area contributed by atoms with Crippen molar-refractivity contribution in [2.75, 3.05) is 19.6 Å². The normalized spacial score (nSPS) is 13.1. The molecule has 2 atom stereocenters. The van der Waals surface area contributed by atoms with Crippen LogP contribution in [-0.4, -0.2) is 42.7 Å². The average molecular weight is 550 g/mol. The van der Waals surface area contributed by atoms with Gasteiger partial charge in [-0.1, -0.05) is 91.0 Å². The molecule has 0 aromatic heterocycles. The van der Waals surface area contributed by atoms with Gasteiger partial charge in [0, 0.05) is 24.2 Å². The molecule has 0 aliphatic rings. The quantitative estimate of drug-likeness (QED) is 0.180. The molecule has 0 saturated carbocycles. The van der Waals surface area contributed by atoms with Crippen LogP contribution in [0, 0.1) is 6.92 Å². The summed E-state index contributed by atoms with van der Waals surface area (Å²) in [6.07, 6.45) is 0.658. The van der Waals surface area contributed by atoms with Crippen molar-refractivity contribution in [3.8, 4) is 0 Å². The lowest BCUT2D eigenvalue weighted by Crippen LogP contribution is -2.55. The molecule has 0 radical (unpaired) electrons. The summed E-state index contributed by atoms with van der Waals surface area (Å²) in [7, 11) is 0. The largest absolute Gasteiger partial charge is 0.389 e. The third-order valence-electron chi connectivity index (χ3n) is 7.51. The molecule has 4 rings (SSSR count). The van der Waals surface area contributed by atoms with E-state index >= 15 is 0 Å². The number of aliphatic hydroxyl groups excluding tert-OH is 1. The van der Waals surface area contributed by atoms with Gasteiger partial charge in [-0.3, -0.25) is 9.59 Å². The summed E-state index contributed by atoms with van der Waals surface area (Å²) in [5.41, 5.74) is 4.08. The van der Waals surface area contributed by atoms with Crippen molar-refractivity contribution in [2.45, 2.75) is 38.3 Å². The fourth-order valence-corrected chi connectivity index (χ4v) is 4.87. The molecule has 0 fully saturated rings. The molecule has 212 valence electrons. The number of hydrogen-bond donors (Lipinski definition) is 4. The molecule has 0 spiro atoms. The van der Waals surface area contributed by atoms with E-state index in [0.717, 1.165) is 18.4 Å². The van der Waals surface area contributed by atoms with Gasteiger partial charge in [0.15, 0.2) is 0 Å². The van der Waals surface area contributed by atoms with Gasteiger partial charge in [-0.25, -0.2) is 0 Å². The summed E-state index contributed by atoms with van der Waals surface area (Å²) in [6, 6.07) is 34.4. The summed E-state index contributed by atoms with van der Waals surface area (Å²) in [5.74, 6) is -0.601. The second kappa shape index (κ2) is 14.4. The minimum absolute atomic E-state index is 0.235. The maximum atomic E-state index is 13.5. The Labute approximate surface area is 242 Å². The Hall–Kier alpha value is -4.26. The first-order valence-corrected chi connectivity index (χ1v) is 14.1. The number of rotatable bonds is 13. The summed E-state index contributed by atoms with van der Waals surface area (Å²) < 4.78 is 0. The lowest BCUT2D eigenvalue weighted by Gasteiger charge is -2.36. The molecule has 0 aliphatic heterocycles. The third-order valence-corrected chi connectivity index (χ3v) is 7.51. The maximum absolute atomic E-state index is 13.5. The Balaban J connectivity index is 1.40. The lowest BCUT2D eigenvalue weighted by molar-refractivity contribution is 0.0557. The number of amides is 2. The van der Waals surface area contributed by atoms with E-state index in [-0.39, 0.29) is 11.8 Å². The molecule has 6 heteroatoms. The number of aliphatic hydroxyl groups is 1. The van der Waals surface area contributed by atoms with Gasteiger partial charge >= 0.3 is 0 Å². The average Bonchev–Trinajstić information content (AvgIpc) is 3.01. The zero-order chi connectivity index (χ0) is 29.1. The zero-order valence-electron chi connectivity index (χ0n) is 23.8. The lowest BCUT2D eigenvalue weighted by atomic mass is 9.85. The van der Waals surface area contributed by atoms with Gasteiger partial charge in [-0.2, -0.15) is 0 Å². The van der Waals surface area contributed by atoms with Crippen molar-refractivity contribution in [1.29, 1.82) is 0 Å². The van der Waals surface area contributed by atoms with E-state index in [0.29, 0.717) is 30.8 Å². The summed E-state index contributed by atoms with van der Waals surface area (Å²) in [5, 5.41) is 20.7. The topological polar surface area (TPSA) is 90.5 Å². The summed E-state index contributed by atoms with van der Waals surface area (Å²) in [6.45, 7) is 5.37. The number of carbonyl (C=O) groups excluding carboxylic acids is 2. The smallest absolute Gasteiger partial charge is 0.252 e. The van der Waals surface area contributed by atoms with Crippen LogP contribution in [0.25, 0.3) is 0 Å². The van der Waals surface area contributed by atoms with Crippen molar-refractivity contribution in [3.63, 3.8) is 0 Å². The third kappa shape index (κ3) is 8.13. The Morgan fingerprint density at radius 3 is 2.10 bits per heavy atom. The second-order valence-electron chi connectivity index (χ2n) is 10.5. The molecule has 2 amide bonds. The van der Waals surface area contributed by atoms with Crippen LogP contribution < -0.4 is 16.0 Å². The van der Waals surface area contributed by atoms with Gasteiger partial charge in [0.25, 0.3) is 11.8 Å². The van der Waals surface area contributed by atoms with Gasteiger partial charge in [-0.15, -0.1) is 0 Å². The fraction of sp³-hybridized carbons (Fsp3) is 0.257. The van der Waals surface area contributed by atoms with Crippen LogP contribution in [0.5, 0.6) is 0 Å². The van der Waals surface area contributed by atoms with Crippen LogP contribution in [0.2, 0.25) is 0 Å². The number of benzene rings is 4. The molecule has 4 N–H and O–H groups in total. The highest BCUT2D eigenvalue weighted by molar-refractivity contribution is 6.00. The molecule has 0 unspecified atom stereocenters. The first-order chi connectivity index (χ1) is 19.9.